The molecule has 2 atom stereocenters. The standard InChI is InChI=1S/C15H15F3N2O3S/c1-14-7-6-12(21)20(14)11(8-24-14)13(22)19-9-2-4-10(5-3-9)23-15(16,17)18/h2-5,11H,6-8H2,1H3,(H,19,22)/t11-,14-/m0/s1. The molecular weight excluding hydrogens is 345 g/mol. The van der Waals surface area contributed by atoms with Gasteiger partial charge in [-0.1, -0.05) is 0 Å². The summed E-state index contributed by atoms with van der Waals surface area (Å²) < 4.78 is 40.1. The number of alkyl halides is 3. The van der Waals surface area contributed by atoms with Crippen LogP contribution >= 0.6 is 11.8 Å². The van der Waals surface area contributed by atoms with Crippen LogP contribution in [0.1, 0.15) is 19.8 Å². The van der Waals surface area contributed by atoms with Crippen molar-refractivity contribution in [2.24, 2.45) is 0 Å². The van der Waals surface area contributed by atoms with E-state index < -0.39 is 12.4 Å². The molecule has 0 aromatic heterocycles. The Hall–Kier alpha value is -1.90. The molecule has 1 N–H and O–H groups in total. The first kappa shape index (κ1) is 16.9. The number of amides is 2. The number of carbonyl (C=O) groups is 2. The Labute approximate surface area is 140 Å². The van der Waals surface area contributed by atoms with Gasteiger partial charge in [-0.2, -0.15) is 0 Å². The van der Waals surface area contributed by atoms with Gasteiger partial charge in [-0.25, -0.2) is 0 Å². The highest BCUT2D eigenvalue weighted by Gasteiger charge is 2.52. The molecule has 24 heavy (non-hydrogen) atoms. The molecule has 0 saturated carbocycles. The van der Waals surface area contributed by atoms with Crippen LogP contribution in [0.2, 0.25) is 0 Å². The Bertz CT molecular complexity index is 665. The maximum Gasteiger partial charge on any atom is 0.573 e. The average molecular weight is 360 g/mol. The van der Waals surface area contributed by atoms with E-state index in [4.69, 9.17) is 0 Å². The topological polar surface area (TPSA) is 58.6 Å². The number of rotatable bonds is 3. The van der Waals surface area contributed by atoms with Crippen molar-refractivity contribution >= 4 is 29.3 Å². The fourth-order valence-corrected chi connectivity index (χ4v) is 4.41. The molecule has 0 spiro atoms. The smallest absolute Gasteiger partial charge is 0.406 e. The van der Waals surface area contributed by atoms with Crippen LogP contribution in [0.15, 0.2) is 24.3 Å². The maximum absolute atomic E-state index is 12.4. The van der Waals surface area contributed by atoms with Crippen molar-refractivity contribution in [1.29, 1.82) is 0 Å². The number of carbonyl (C=O) groups excluding carboxylic acids is 2. The third kappa shape index (κ3) is 3.31. The van der Waals surface area contributed by atoms with Crippen LogP contribution < -0.4 is 10.1 Å². The monoisotopic (exact) mass is 360 g/mol. The molecule has 0 unspecified atom stereocenters. The lowest BCUT2D eigenvalue weighted by Gasteiger charge is -2.29. The van der Waals surface area contributed by atoms with Gasteiger partial charge in [0.15, 0.2) is 0 Å². The number of hydrogen-bond donors (Lipinski definition) is 1. The molecule has 0 aliphatic carbocycles. The molecule has 3 rings (SSSR count). The van der Waals surface area contributed by atoms with E-state index in [1.54, 1.807) is 16.7 Å². The van der Waals surface area contributed by atoms with Crippen molar-refractivity contribution in [3.63, 3.8) is 0 Å². The molecule has 9 heteroatoms. The average Bonchev–Trinajstić information content (AvgIpc) is 2.97. The summed E-state index contributed by atoms with van der Waals surface area (Å²) in [4.78, 5) is 25.7. The van der Waals surface area contributed by atoms with E-state index in [0.29, 0.717) is 24.3 Å². The fourth-order valence-electron chi connectivity index (χ4n) is 2.98. The van der Waals surface area contributed by atoms with E-state index >= 15 is 0 Å². The lowest BCUT2D eigenvalue weighted by atomic mass is 10.2. The van der Waals surface area contributed by atoms with E-state index in [2.05, 4.69) is 10.1 Å². The molecule has 2 amide bonds. The molecular formula is C15H15F3N2O3S. The van der Waals surface area contributed by atoms with Crippen molar-refractivity contribution < 1.29 is 27.5 Å². The van der Waals surface area contributed by atoms with Gasteiger partial charge in [0.25, 0.3) is 0 Å². The van der Waals surface area contributed by atoms with Gasteiger partial charge in [0.2, 0.25) is 11.8 Å². The molecule has 130 valence electrons. The highest BCUT2D eigenvalue weighted by Crippen LogP contribution is 2.47. The SMILES string of the molecule is C[C@]12CCC(=O)N1[C@H](C(=O)Nc1ccc(OC(F)(F)F)cc1)CS2. The van der Waals surface area contributed by atoms with Crippen molar-refractivity contribution in [2.45, 2.75) is 37.0 Å². The zero-order valence-corrected chi connectivity index (χ0v) is 13.5. The minimum Gasteiger partial charge on any atom is -0.406 e. The van der Waals surface area contributed by atoms with Crippen LogP contribution in [-0.2, 0) is 9.59 Å². The first-order valence-electron chi connectivity index (χ1n) is 7.31. The van der Waals surface area contributed by atoms with Gasteiger partial charge in [-0.05, 0) is 37.6 Å². The van der Waals surface area contributed by atoms with Crippen LogP contribution in [0.5, 0.6) is 5.75 Å². The van der Waals surface area contributed by atoms with Crippen molar-refractivity contribution in [1.82, 2.24) is 4.90 Å². The predicted octanol–water partition coefficient (Wildman–Crippen LogP) is 2.98. The highest BCUT2D eigenvalue weighted by molar-refractivity contribution is 8.01. The summed E-state index contributed by atoms with van der Waals surface area (Å²) in [6.45, 7) is 1.94. The Morgan fingerprint density at radius 2 is 2.04 bits per heavy atom. The molecule has 2 fully saturated rings. The molecule has 2 aliphatic rings. The molecule has 0 bridgehead atoms. The molecule has 1 aromatic carbocycles. The molecule has 2 aliphatic heterocycles. The third-order valence-corrected chi connectivity index (χ3v) is 5.61. The fraction of sp³-hybridized carbons (Fsp3) is 0.467. The molecule has 0 radical (unpaired) electrons. The van der Waals surface area contributed by atoms with Crippen molar-refractivity contribution in [3.8, 4) is 5.75 Å². The second-order valence-corrected chi connectivity index (χ2v) is 7.33. The predicted molar refractivity (Wildman–Crippen MR) is 82.5 cm³/mol. The Balaban J connectivity index is 1.66. The number of nitrogens with one attached hydrogen (secondary N) is 1. The second kappa shape index (κ2) is 5.87. The van der Waals surface area contributed by atoms with Gasteiger partial charge in [-0.3, -0.25) is 9.59 Å². The molecule has 2 saturated heterocycles. The molecule has 1 aromatic rings. The lowest BCUT2D eigenvalue weighted by Crippen LogP contribution is -2.48. The van der Waals surface area contributed by atoms with Gasteiger partial charge in [0.1, 0.15) is 11.8 Å². The van der Waals surface area contributed by atoms with Gasteiger partial charge < -0.3 is 15.0 Å². The highest BCUT2D eigenvalue weighted by atomic mass is 32.2. The number of fused-ring (bicyclic) bond motifs is 1. The molecule has 5 nitrogen and oxygen atoms in total. The van der Waals surface area contributed by atoms with E-state index in [1.165, 1.54) is 12.1 Å². The number of nitrogens with zero attached hydrogens (tertiary/aromatic N) is 1. The van der Waals surface area contributed by atoms with Crippen LogP contribution in [0.3, 0.4) is 0 Å². The Morgan fingerprint density at radius 3 is 2.67 bits per heavy atom. The van der Waals surface area contributed by atoms with E-state index in [0.717, 1.165) is 12.1 Å². The third-order valence-electron chi connectivity index (χ3n) is 4.10. The summed E-state index contributed by atoms with van der Waals surface area (Å²) in [5, 5.41) is 2.64. The van der Waals surface area contributed by atoms with Crippen molar-refractivity contribution in [3.05, 3.63) is 24.3 Å². The number of benzene rings is 1. The summed E-state index contributed by atoms with van der Waals surface area (Å²) in [6.07, 6.45) is -3.62. The van der Waals surface area contributed by atoms with Crippen molar-refractivity contribution in [2.75, 3.05) is 11.1 Å². The van der Waals surface area contributed by atoms with E-state index in [1.807, 2.05) is 6.92 Å². The summed E-state index contributed by atoms with van der Waals surface area (Å²) in [7, 11) is 0. The van der Waals surface area contributed by atoms with Crippen LogP contribution in [-0.4, -0.2) is 39.7 Å². The summed E-state index contributed by atoms with van der Waals surface area (Å²) in [6, 6.07) is 4.33. The Morgan fingerprint density at radius 1 is 1.38 bits per heavy atom. The first-order valence-corrected chi connectivity index (χ1v) is 8.29. The van der Waals surface area contributed by atoms with Crippen LogP contribution in [0, 0.1) is 0 Å². The van der Waals surface area contributed by atoms with Gasteiger partial charge in [-0.15, -0.1) is 24.9 Å². The van der Waals surface area contributed by atoms with Gasteiger partial charge >= 0.3 is 6.36 Å². The number of anilines is 1. The Kier molecular flexibility index (Phi) is 4.15. The number of hydrogen-bond acceptors (Lipinski definition) is 4. The number of ether oxygens (including phenoxy) is 1. The number of halogens is 3. The second-order valence-electron chi connectivity index (χ2n) is 5.83. The van der Waals surface area contributed by atoms with Crippen LogP contribution in [0.4, 0.5) is 18.9 Å². The minimum absolute atomic E-state index is 0.0448. The zero-order valence-electron chi connectivity index (χ0n) is 12.7. The summed E-state index contributed by atoms with van der Waals surface area (Å²) in [5.74, 6) is -0.245. The largest absolute Gasteiger partial charge is 0.573 e. The van der Waals surface area contributed by atoms with Gasteiger partial charge in [0, 0.05) is 17.9 Å². The first-order chi connectivity index (χ1) is 11.2. The lowest BCUT2D eigenvalue weighted by molar-refractivity contribution is -0.274. The minimum atomic E-state index is -4.76. The summed E-state index contributed by atoms with van der Waals surface area (Å²) >= 11 is 1.57. The normalized spacial score (nSPS) is 26.4. The zero-order chi connectivity index (χ0) is 17.5. The molecule has 2 heterocycles. The van der Waals surface area contributed by atoms with E-state index in [9.17, 15) is 22.8 Å². The number of thioether (sulfide) groups is 1. The summed E-state index contributed by atoms with van der Waals surface area (Å²) in [5.41, 5.74) is 0.347. The van der Waals surface area contributed by atoms with Gasteiger partial charge in [0.05, 0.1) is 4.87 Å². The van der Waals surface area contributed by atoms with E-state index in [-0.39, 0.29) is 22.4 Å². The quantitative estimate of drug-likeness (QED) is 0.900. The van der Waals surface area contributed by atoms with Crippen LogP contribution in [0.25, 0.3) is 0 Å². The maximum atomic E-state index is 12.4.